The van der Waals surface area contributed by atoms with Crippen LogP contribution in [0.1, 0.15) is 42.7 Å². The highest BCUT2D eigenvalue weighted by Crippen LogP contribution is 2.36. The van der Waals surface area contributed by atoms with E-state index >= 15 is 0 Å². The van der Waals surface area contributed by atoms with Crippen LogP contribution in [-0.2, 0) is 15.1 Å². The molecule has 9 nitrogen and oxygen atoms in total. The van der Waals surface area contributed by atoms with Crippen LogP contribution in [0.25, 0.3) is 0 Å². The van der Waals surface area contributed by atoms with Crippen LogP contribution in [0.3, 0.4) is 0 Å². The number of amides is 4. The van der Waals surface area contributed by atoms with E-state index in [-0.39, 0.29) is 0 Å². The lowest BCUT2D eigenvalue weighted by atomic mass is 9.87. The van der Waals surface area contributed by atoms with E-state index in [2.05, 4.69) is 10.4 Å². The van der Waals surface area contributed by atoms with E-state index in [1.54, 1.807) is 55.6 Å². The van der Waals surface area contributed by atoms with Crippen molar-refractivity contribution < 1.29 is 23.5 Å². The molecule has 0 bridgehead atoms. The second-order valence-corrected chi connectivity index (χ2v) is 9.27. The largest absolute Gasteiger partial charge is 0.497 e. The molecule has 1 saturated heterocycles. The lowest BCUT2D eigenvalue weighted by Crippen LogP contribution is -2.45. The number of carbonyl (C=O) groups excluding carboxylic acids is 3. The Morgan fingerprint density at radius 3 is 2.51 bits per heavy atom. The van der Waals surface area contributed by atoms with Gasteiger partial charge < -0.3 is 14.5 Å². The van der Waals surface area contributed by atoms with Gasteiger partial charge in [-0.15, -0.1) is 0 Å². The quantitative estimate of drug-likeness (QED) is 0.463. The van der Waals surface area contributed by atoms with Crippen LogP contribution in [0, 0.1) is 0 Å². The number of imide groups is 1. The third-order valence-corrected chi connectivity index (χ3v) is 7.05. The van der Waals surface area contributed by atoms with E-state index in [1.165, 1.54) is 11.3 Å². The number of nitrogens with zero attached hydrogens (tertiary/aromatic N) is 3. The van der Waals surface area contributed by atoms with Crippen LogP contribution in [-0.4, -0.2) is 47.1 Å². The number of rotatable bonds is 7. The van der Waals surface area contributed by atoms with Gasteiger partial charge in [-0.2, -0.15) is 5.10 Å². The summed E-state index contributed by atoms with van der Waals surface area (Å²) in [7, 11) is 1.55. The van der Waals surface area contributed by atoms with Crippen molar-refractivity contribution in [2.24, 2.45) is 5.10 Å². The van der Waals surface area contributed by atoms with Gasteiger partial charge in [0.15, 0.2) is 0 Å². The number of ether oxygens (including phenoxy) is 1. The summed E-state index contributed by atoms with van der Waals surface area (Å²) in [5.41, 5.74) is 0.828. The predicted molar refractivity (Wildman–Crippen MR) is 136 cm³/mol. The van der Waals surface area contributed by atoms with Gasteiger partial charge in [0.25, 0.3) is 11.8 Å². The van der Waals surface area contributed by atoms with E-state index in [9.17, 15) is 14.4 Å². The SMILES string of the molecule is CC[C@]1(c2ccc(OC)cc2)NC(=O)N(CC(=O)N2N=C(c3ccc(Cl)cc3)C[C@H]2c2ccco2)C1=O. The van der Waals surface area contributed by atoms with E-state index < -0.39 is 36.0 Å². The zero-order valence-electron chi connectivity index (χ0n) is 20.3. The molecule has 2 atom stereocenters. The van der Waals surface area contributed by atoms with Crippen molar-refractivity contribution in [1.82, 2.24) is 15.2 Å². The Kier molecular flexibility index (Phi) is 6.47. The van der Waals surface area contributed by atoms with Crippen molar-refractivity contribution >= 4 is 35.2 Å². The van der Waals surface area contributed by atoms with Crippen molar-refractivity contribution in [2.45, 2.75) is 31.3 Å². The maximum Gasteiger partial charge on any atom is 0.325 e. The molecule has 2 aliphatic rings. The minimum Gasteiger partial charge on any atom is -0.497 e. The van der Waals surface area contributed by atoms with Crippen LogP contribution >= 0.6 is 11.6 Å². The van der Waals surface area contributed by atoms with E-state index in [1.807, 2.05) is 19.1 Å². The molecule has 0 radical (unpaired) electrons. The third-order valence-electron chi connectivity index (χ3n) is 6.80. The first-order chi connectivity index (χ1) is 17.9. The zero-order chi connectivity index (χ0) is 26.2. The fraction of sp³-hybridized carbons (Fsp3) is 0.259. The molecule has 3 aromatic rings. The Balaban J connectivity index is 1.41. The maximum absolute atomic E-state index is 13.6. The lowest BCUT2D eigenvalue weighted by molar-refractivity contribution is -0.140. The second kappa shape index (κ2) is 9.74. The predicted octanol–water partition coefficient (Wildman–Crippen LogP) is 4.48. The lowest BCUT2D eigenvalue weighted by Gasteiger charge is -2.26. The first kappa shape index (κ1) is 24.6. The third kappa shape index (κ3) is 4.35. The molecule has 0 spiro atoms. The number of halogens is 1. The maximum atomic E-state index is 13.6. The number of nitrogens with one attached hydrogen (secondary N) is 1. The van der Waals surface area contributed by atoms with Gasteiger partial charge in [0.05, 0.1) is 19.1 Å². The Hall–Kier alpha value is -4.11. The fourth-order valence-electron chi connectivity index (χ4n) is 4.75. The summed E-state index contributed by atoms with van der Waals surface area (Å²) >= 11 is 6.02. The topological polar surface area (TPSA) is 104 Å². The van der Waals surface area contributed by atoms with Crippen LogP contribution < -0.4 is 10.1 Å². The molecule has 190 valence electrons. The van der Waals surface area contributed by atoms with Crippen LogP contribution in [0.15, 0.2) is 76.4 Å². The van der Waals surface area contributed by atoms with Crippen molar-refractivity contribution in [3.05, 3.63) is 88.8 Å². The number of carbonyl (C=O) groups is 3. The number of methoxy groups -OCH3 is 1. The Labute approximate surface area is 218 Å². The summed E-state index contributed by atoms with van der Waals surface area (Å²) in [4.78, 5) is 41.0. The number of benzene rings is 2. The second-order valence-electron chi connectivity index (χ2n) is 8.84. The highest BCUT2D eigenvalue weighted by atomic mass is 35.5. The summed E-state index contributed by atoms with van der Waals surface area (Å²) in [6.45, 7) is 1.35. The Bertz CT molecular complexity index is 1350. The molecule has 0 unspecified atom stereocenters. The van der Waals surface area contributed by atoms with E-state index in [0.29, 0.717) is 40.6 Å². The van der Waals surface area contributed by atoms with Crippen molar-refractivity contribution in [1.29, 1.82) is 0 Å². The van der Waals surface area contributed by atoms with Gasteiger partial charge in [-0.25, -0.2) is 9.80 Å². The van der Waals surface area contributed by atoms with Gasteiger partial charge in [-0.3, -0.25) is 14.5 Å². The van der Waals surface area contributed by atoms with Gasteiger partial charge in [-0.1, -0.05) is 42.8 Å². The van der Waals surface area contributed by atoms with Gasteiger partial charge >= 0.3 is 6.03 Å². The monoisotopic (exact) mass is 520 g/mol. The molecule has 1 fully saturated rings. The number of hydrogen-bond donors (Lipinski definition) is 1. The van der Waals surface area contributed by atoms with Crippen molar-refractivity contribution in [2.75, 3.05) is 13.7 Å². The summed E-state index contributed by atoms with van der Waals surface area (Å²) < 4.78 is 10.8. The Morgan fingerprint density at radius 2 is 1.89 bits per heavy atom. The summed E-state index contributed by atoms with van der Waals surface area (Å²) in [6.07, 6.45) is 2.25. The molecule has 1 N–H and O–H groups in total. The van der Waals surface area contributed by atoms with Gasteiger partial charge in [0.1, 0.15) is 29.6 Å². The fourth-order valence-corrected chi connectivity index (χ4v) is 4.88. The molecule has 5 rings (SSSR count). The normalized spacial score (nSPS) is 21.3. The summed E-state index contributed by atoms with van der Waals surface area (Å²) in [5, 5.41) is 9.25. The average Bonchev–Trinajstić information content (AvgIpc) is 3.65. The van der Waals surface area contributed by atoms with Crippen LogP contribution in [0.4, 0.5) is 4.79 Å². The molecule has 3 heterocycles. The average molecular weight is 521 g/mol. The Morgan fingerprint density at radius 1 is 1.16 bits per heavy atom. The van der Waals surface area contributed by atoms with E-state index in [0.717, 1.165) is 10.5 Å². The number of hydrogen-bond acceptors (Lipinski definition) is 6. The summed E-state index contributed by atoms with van der Waals surface area (Å²) in [5.74, 6) is 0.190. The number of urea groups is 1. The minimum atomic E-state index is -1.27. The van der Waals surface area contributed by atoms with E-state index in [4.69, 9.17) is 20.8 Å². The molecule has 2 aromatic carbocycles. The molecule has 1 aromatic heterocycles. The molecular formula is C27H25ClN4O5. The highest BCUT2D eigenvalue weighted by Gasteiger charge is 2.52. The molecule has 37 heavy (non-hydrogen) atoms. The molecule has 2 aliphatic heterocycles. The van der Waals surface area contributed by atoms with Gasteiger partial charge in [0, 0.05) is 11.4 Å². The molecule has 0 saturated carbocycles. The number of furan rings is 1. The summed E-state index contributed by atoms with van der Waals surface area (Å²) in [6, 6.07) is 16.5. The van der Waals surface area contributed by atoms with Gasteiger partial charge in [-0.05, 0) is 53.9 Å². The first-order valence-electron chi connectivity index (χ1n) is 11.8. The minimum absolute atomic E-state index is 0.312. The van der Waals surface area contributed by atoms with Crippen molar-refractivity contribution in [3.63, 3.8) is 0 Å². The molecule has 10 heteroatoms. The van der Waals surface area contributed by atoms with Crippen molar-refractivity contribution in [3.8, 4) is 5.75 Å². The smallest absolute Gasteiger partial charge is 0.325 e. The van der Waals surface area contributed by atoms with Crippen LogP contribution in [0.2, 0.25) is 5.02 Å². The molecule has 0 aliphatic carbocycles. The first-order valence-corrected chi connectivity index (χ1v) is 12.2. The highest BCUT2D eigenvalue weighted by molar-refractivity contribution is 6.30. The molecular weight excluding hydrogens is 496 g/mol. The standard InChI is InChI=1S/C27H25ClN4O5/c1-3-27(18-8-12-20(36-2)13-9-18)25(34)31(26(35)29-27)16-24(33)32-22(23-5-4-14-37-23)15-21(30-32)17-6-10-19(28)11-7-17/h4-14,22H,3,15-16H2,1-2H3,(H,29,35)/t22-,27+/m0/s1. The number of hydrazone groups is 1. The zero-order valence-corrected chi connectivity index (χ0v) is 21.1. The molecule has 4 amide bonds. The van der Waals surface area contributed by atoms with Crippen LogP contribution in [0.5, 0.6) is 5.75 Å². The van der Waals surface area contributed by atoms with Gasteiger partial charge in [0.2, 0.25) is 0 Å².